The molecule has 0 unspecified atom stereocenters. The van der Waals surface area contributed by atoms with Crippen LogP contribution < -0.4 is 0 Å². The van der Waals surface area contributed by atoms with E-state index in [4.69, 9.17) is 25.4 Å². The smallest absolute Gasteiger partial charge is 0.450 e. The van der Waals surface area contributed by atoms with Crippen LogP contribution in [0.2, 0.25) is 0 Å². The molecule has 0 saturated heterocycles. The highest BCUT2D eigenvalue weighted by molar-refractivity contribution is 6.28. The number of hydrogen-bond acceptors (Lipinski definition) is 5. The Morgan fingerprint density at radius 3 is 1.82 bits per heavy atom. The zero-order valence-corrected chi connectivity index (χ0v) is 5.67. The van der Waals surface area contributed by atoms with Gasteiger partial charge in [0.15, 0.2) is 0 Å². The first-order valence-corrected chi connectivity index (χ1v) is 2.32. The quantitative estimate of drug-likeness (QED) is 0.255. The molecule has 0 aliphatic heterocycles. The van der Waals surface area contributed by atoms with Gasteiger partial charge in [-0.15, -0.1) is 0 Å². The van der Waals surface area contributed by atoms with Crippen molar-refractivity contribution in [1.82, 2.24) is 0 Å². The highest BCUT2D eigenvalue weighted by atomic mass is 16.6. The molecule has 0 radical (unpaired) electrons. The lowest BCUT2D eigenvalue weighted by Gasteiger charge is -1.76. The number of rotatable bonds is 1. The first-order chi connectivity index (χ1) is 5.04. The fourth-order valence-electron chi connectivity index (χ4n) is 0.109. The van der Waals surface area contributed by atoms with Crippen molar-refractivity contribution in [3.63, 3.8) is 0 Å². The van der Waals surface area contributed by atoms with Gasteiger partial charge in [0.1, 0.15) is 0 Å². The Bertz CT molecular complexity index is 160. The average molecular weight is 164 g/mol. The van der Waals surface area contributed by atoms with Gasteiger partial charge in [0.25, 0.3) is 0 Å². The van der Waals surface area contributed by atoms with Crippen molar-refractivity contribution in [3.05, 3.63) is 0 Å². The van der Waals surface area contributed by atoms with Crippen LogP contribution in [0.4, 0.5) is 4.79 Å². The second kappa shape index (κ2) is 8.21. The SMILES string of the molecule is CC(C=NO)=NO.O=C(O)O. The summed E-state index contributed by atoms with van der Waals surface area (Å²) in [5.74, 6) is 0. The van der Waals surface area contributed by atoms with Crippen molar-refractivity contribution < 1.29 is 25.4 Å². The summed E-state index contributed by atoms with van der Waals surface area (Å²) < 4.78 is 0. The van der Waals surface area contributed by atoms with E-state index < -0.39 is 6.16 Å². The molecule has 0 fully saturated rings. The molecule has 0 saturated carbocycles. The van der Waals surface area contributed by atoms with Crippen molar-refractivity contribution in [2.45, 2.75) is 6.92 Å². The molecule has 0 spiro atoms. The normalized spacial score (nSPS) is 10.5. The maximum Gasteiger partial charge on any atom is 0.503 e. The van der Waals surface area contributed by atoms with E-state index in [2.05, 4.69) is 10.3 Å². The van der Waals surface area contributed by atoms with Gasteiger partial charge in [-0.1, -0.05) is 10.3 Å². The third-order valence-electron chi connectivity index (χ3n) is 0.402. The van der Waals surface area contributed by atoms with Crippen molar-refractivity contribution in [2.24, 2.45) is 10.3 Å². The Balaban J connectivity index is 0. The maximum atomic E-state index is 8.56. The highest BCUT2D eigenvalue weighted by Crippen LogP contribution is 1.65. The van der Waals surface area contributed by atoms with Gasteiger partial charge in [-0.25, -0.2) is 4.79 Å². The van der Waals surface area contributed by atoms with Crippen LogP contribution in [0.25, 0.3) is 0 Å². The zero-order valence-electron chi connectivity index (χ0n) is 5.67. The molecule has 7 nitrogen and oxygen atoms in total. The average Bonchev–Trinajstić information content (AvgIpc) is 1.87. The van der Waals surface area contributed by atoms with Crippen LogP contribution in [0.5, 0.6) is 0 Å². The van der Waals surface area contributed by atoms with Crippen LogP contribution in [0.15, 0.2) is 10.3 Å². The van der Waals surface area contributed by atoms with E-state index in [0.29, 0.717) is 0 Å². The summed E-state index contributed by atoms with van der Waals surface area (Å²) in [5.41, 5.74) is 0.266. The van der Waals surface area contributed by atoms with Gasteiger partial charge in [0.05, 0.1) is 11.9 Å². The summed E-state index contributed by atoms with van der Waals surface area (Å²) in [6.45, 7) is 1.50. The van der Waals surface area contributed by atoms with Crippen LogP contribution in [-0.4, -0.2) is 38.7 Å². The summed E-state index contributed by atoms with van der Waals surface area (Å²) in [6, 6.07) is 0. The first kappa shape index (κ1) is 11.9. The molecule has 0 bridgehead atoms. The van der Waals surface area contributed by atoms with Gasteiger partial charge < -0.3 is 20.6 Å². The van der Waals surface area contributed by atoms with E-state index in [-0.39, 0.29) is 5.71 Å². The predicted octanol–water partition coefficient (Wildman–Crippen LogP) is 0.519. The lowest BCUT2D eigenvalue weighted by molar-refractivity contribution is 0.137. The minimum atomic E-state index is -1.83. The van der Waals surface area contributed by atoms with Crippen molar-refractivity contribution in [2.75, 3.05) is 0 Å². The molecule has 0 aliphatic rings. The number of hydrogen-bond donors (Lipinski definition) is 4. The van der Waals surface area contributed by atoms with E-state index in [1.54, 1.807) is 0 Å². The lowest BCUT2D eigenvalue weighted by atomic mass is 10.5. The monoisotopic (exact) mass is 164 g/mol. The van der Waals surface area contributed by atoms with E-state index in [0.717, 1.165) is 6.21 Å². The van der Waals surface area contributed by atoms with Gasteiger partial charge in [-0.05, 0) is 6.92 Å². The summed E-state index contributed by atoms with van der Waals surface area (Å²) in [6.07, 6.45) is -0.806. The predicted molar refractivity (Wildman–Crippen MR) is 35.8 cm³/mol. The Morgan fingerprint density at radius 1 is 1.36 bits per heavy atom. The Morgan fingerprint density at radius 2 is 1.73 bits per heavy atom. The molecule has 64 valence electrons. The van der Waals surface area contributed by atoms with Gasteiger partial charge >= 0.3 is 6.16 Å². The minimum Gasteiger partial charge on any atom is -0.450 e. The topological polar surface area (TPSA) is 123 Å². The first-order valence-electron chi connectivity index (χ1n) is 2.32. The third-order valence-corrected chi connectivity index (χ3v) is 0.402. The molecule has 4 N–H and O–H groups in total. The summed E-state index contributed by atoms with van der Waals surface area (Å²) in [5, 5.41) is 34.8. The number of nitrogens with zero attached hydrogens (tertiary/aromatic N) is 2. The number of carboxylic acid groups (broad SMARTS) is 2. The van der Waals surface area contributed by atoms with Crippen LogP contribution in [0, 0.1) is 0 Å². The molecule has 11 heavy (non-hydrogen) atoms. The van der Waals surface area contributed by atoms with E-state index in [9.17, 15) is 0 Å². The molecule has 0 aliphatic carbocycles. The zero-order chi connectivity index (χ0) is 9.28. The second-order valence-corrected chi connectivity index (χ2v) is 1.27. The fraction of sp³-hybridized carbons (Fsp3) is 0.250. The molecule has 0 atom stereocenters. The molecule has 0 aromatic heterocycles. The van der Waals surface area contributed by atoms with Crippen molar-refractivity contribution in [1.29, 1.82) is 0 Å². The molecule has 0 amide bonds. The van der Waals surface area contributed by atoms with Gasteiger partial charge in [0.2, 0.25) is 0 Å². The summed E-state index contributed by atoms with van der Waals surface area (Å²) in [4.78, 5) is 8.56. The van der Waals surface area contributed by atoms with E-state index in [1.165, 1.54) is 6.92 Å². The molecule has 0 heterocycles. The lowest BCUT2D eigenvalue weighted by Crippen LogP contribution is -1.90. The largest absolute Gasteiger partial charge is 0.503 e. The van der Waals surface area contributed by atoms with Crippen LogP contribution in [0.1, 0.15) is 6.92 Å². The van der Waals surface area contributed by atoms with E-state index >= 15 is 0 Å². The molecule has 0 aromatic rings. The number of oxime groups is 2. The fourth-order valence-corrected chi connectivity index (χ4v) is 0.109. The second-order valence-electron chi connectivity index (χ2n) is 1.27. The Hall–Kier alpha value is -1.79. The maximum absolute atomic E-state index is 8.56. The molecule has 0 rings (SSSR count). The molecular weight excluding hydrogens is 156 g/mol. The van der Waals surface area contributed by atoms with E-state index in [1.807, 2.05) is 0 Å². The van der Waals surface area contributed by atoms with Crippen LogP contribution >= 0.6 is 0 Å². The summed E-state index contributed by atoms with van der Waals surface area (Å²) in [7, 11) is 0. The number of carbonyl (C=O) groups is 1. The van der Waals surface area contributed by atoms with Gasteiger partial charge in [-0.3, -0.25) is 0 Å². The Kier molecular flexibility index (Phi) is 8.91. The van der Waals surface area contributed by atoms with Crippen LogP contribution in [0.3, 0.4) is 0 Å². The van der Waals surface area contributed by atoms with Gasteiger partial charge in [0, 0.05) is 0 Å². The molecule has 0 aromatic carbocycles. The highest BCUT2D eigenvalue weighted by Gasteiger charge is 1.77. The summed E-state index contributed by atoms with van der Waals surface area (Å²) >= 11 is 0. The molecular formula is C4H8N2O5. The van der Waals surface area contributed by atoms with Gasteiger partial charge in [-0.2, -0.15) is 0 Å². The minimum absolute atomic E-state index is 0.266. The molecule has 7 heteroatoms. The Labute approximate surface area is 61.9 Å². The third kappa shape index (κ3) is 30.7. The standard InChI is InChI=1S/C3H6N2O2.CH2O3/c1-3(5-7)2-4-6;2-1(3)4/h2,6-7H,1H3;(H2,2,3,4). The van der Waals surface area contributed by atoms with Crippen LogP contribution in [-0.2, 0) is 0 Å². The van der Waals surface area contributed by atoms with Crippen molar-refractivity contribution in [3.8, 4) is 0 Å². The van der Waals surface area contributed by atoms with Crippen molar-refractivity contribution >= 4 is 18.1 Å².